The highest BCUT2D eigenvalue weighted by atomic mass is 32.2. The van der Waals surface area contributed by atoms with Crippen molar-refractivity contribution in [3.05, 3.63) is 48.0 Å². The largest absolute Gasteiger partial charge is 0.493 e. The molecule has 5 heteroatoms. The zero-order valence-corrected chi connectivity index (χ0v) is 12.6. The van der Waals surface area contributed by atoms with Crippen LogP contribution in [0, 0.1) is 6.92 Å². The molecule has 3 aromatic rings. The first-order valence-corrected chi connectivity index (χ1v) is 7.77. The first kappa shape index (κ1) is 13.8. The van der Waals surface area contributed by atoms with Crippen molar-refractivity contribution in [3.63, 3.8) is 0 Å². The van der Waals surface area contributed by atoms with E-state index in [0.717, 1.165) is 33.4 Å². The van der Waals surface area contributed by atoms with Crippen molar-refractivity contribution in [3.8, 4) is 5.75 Å². The number of anilines is 1. The van der Waals surface area contributed by atoms with Gasteiger partial charge in [0.05, 0.1) is 17.6 Å². The van der Waals surface area contributed by atoms with Crippen molar-refractivity contribution >= 4 is 28.5 Å². The first-order chi connectivity index (χ1) is 10.2. The summed E-state index contributed by atoms with van der Waals surface area (Å²) >= 11 is 1.64. The number of hydrogen-bond acceptors (Lipinski definition) is 4. The van der Waals surface area contributed by atoms with Crippen LogP contribution in [0.2, 0.25) is 0 Å². The average Bonchev–Trinajstić information content (AvgIpc) is 2.87. The van der Waals surface area contributed by atoms with Crippen molar-refractivity contribution in [1.29, 1.82) is 0 Å². The van der Waals surface area contributed by atoms with Gasteiger partial charge < -0.3 is 15.5 Å². The van der Waals surface area contributed by atoms with Crippen molar-refractivity contribution in [2.75, 3.05) is 18.1 Å². The van der Waals surface area contributed by atoms with Crippen LogP contribution in [0.3, 0.4) is 0 Å². The van der Waals surface area contributed by atoms with Gasteiger partial charge in [0.1, 0.15) is 5.75 Å². The Morgan fingerprint density at radius 1 is 1.19 bits per heavy atom. The van der Waals surface area contributed by atoms with E-state index < -0.39 is 0 Å². The molecular weight excluding hydrogens is 282 g/mol. The molecule has 2 aromatic carbocycles. The second-order valence-corrected chi connectivity index (χ2v) is 5.91. The molecule has 0 saturated heterocycles. The zero-order chi connectivity index (χ0) is 14.7. The number of benzene rings is 2. The number of thioether (sulfide) groups is 1. The Balaban J connectivity index is 1.53. The third-order valence-corrected chi connectivity index (χ3v) is 3.93. The molecule has 3 N–H and O–H groups in total. The minimum atomic E-state index is 0.646. The normalized spacial score (nSPS) is 10.9. The van der Waals surface area contributed by atoms with Crippen LogP contribution in [-0.2, 0) is 0 Å². The van der Waals surface area contributed by atoms with E-state index in [4.69, 9.17) is 10.5 Å². The summed E-state index contributed by atoms with van der Waals surface area (Å²) in [5, 5.41) is 0.892. The van der Waals surface area contributed by atoms with E-state index in [1.165, 1.54) is 5.56 Å². The first-order valence-electron chi connectivity index (χ1n) is 6.78. The van der Waals surface area contributed by atoms with Crippen molar-refractivity contribution in [2.45, 2.75) is 12.1 Å². The number of nitrogens with two attached hydrogens (primary N) is 1. The topological polar surface area (TPSA) is 63.9 Å². The second kappa shape index (κ2) is 6.10. The molecule has 108 valence electrons. The highest BCUT2D eigenvalue weighted by Crippen LogP contribution is 2.21. The number of hydrogen-bond donors (Lipinski definition) is 2. The van der Waals surface area contributed by atoms with Gasteiger partial charge >= 0.3 is 0 Å². The lowest BCUT2D eigenvalue weighted by Gasteiger charge is -2.05. The molecular formula is C16H17N3OS. The maximum atomic E-state index is 5.76. The molecule has 3 rings (SSSR count). The summed E-state index contributed by atoms with van der Waals surface area (Å²) in [6, 6.07) is 13.8. The molecule has 0 aliphatic rings. The van der Waals surface area contributed by atoms with Crippen LogP contribution in [0.1, 0.15) is 5.56 Å². The maximum absolute atomic E-state index is 5.76. The molecule has 1 heterocycles. The standard InChI is InChI=1S/C16H17N3OS/c1-11-2-5-13(6-3-11)20-8-9-21-16-18-14-7-4-12(17)10-15(14)19-16/h2-7,10H,8-9,17H2,1H3,(H,18,19). The Morgan fingerprint density at radius 2 is 2.00 bits per heavy atom. The number of aromatic amines is 1. The van der Waals surface area contributed by atoms with Gasteiger partial charge in [-0.15, -0.1) is 0 Å². The minimum Gasteiger partial charge on any atom is -0.493 e. The van der Waals surface area contributed by atoms with E-state index in [9.17, 15) is 0 Å². The van der Waals surface area contributed by atoms with E-state index >= 15 is 0 Å². The van der Waals surface area contributed by atoms with Crippen LogP contribution in [-0.4, -0.2) is 22.3 Å². The third kappa shape index (κ3) is 3.49. The highest BCUT2D eigenvalue weighted by Gasteiger charge is 2.03. The van der Waals surface area contributed by atoms with Gasteiger partial charge in [0.25, 0.3) is 0 Å². The molecule has 1 aromatic heterocycles. The molecule has 21 heavy (non-hydrogen) atoms. The van der Waals surface area contributed by atoms with Gasteiger partial charge in [-0.05, 0) is 37.3 Å². The molecule has 0 saturated carbocycles. The zero-order valence-electron chi connectivity index (χ0n) is 11.8. The smallest absolute Gasteiger partial charge is 0.166 e. The molecule has 0 spiro atoms. The second-order valence-electron chi connectivity index (χ2n) is 4.83. The summed E-state index contributed by atoms with van der Waals surface area (Å²) in [6.45, 7) is 2.71. The number of nitrogens with zero attached hydrogens (tertiary/aromatic N) is 1. The number of rotatable bonds is 5. The van der Waals surface area contributed by atoms with Crippen molar-refractivity contribution < 1.29 is 4.74 Å². The van der Waals surface area contributed by atoms with E-state index in [2.05, 4.69) is 16.9 Å². The Morgan fingerprint density at radius 3 is 2.81 bits per heavy atom. The van der Waals surface area contributed by atoms with Crippen LogP contribution in [0.15, 0.2) is 47.6 Å². The summed E-state index contributed by atoms with van der Waals surface area (Å²) in [7, 11) is 0. The number of aryl methyl sites for hydroxylation is 1. The van der Waals surface area contributed by atoms with Crippen LogP contribution < -0.4 is 10.5 Å². The lowest BCUT2D eigenvalue weighted by molar-refractivity contribution is 0.344. The predicted molar refractivity (Wildman–Crippen MR) is 87.9 cm³/mol. The van der Waals surface area contributed by atoms with E-state index in [-0.39, 0.29) is 0 Å². The number of nitrogen functional groups attached to an aromatic ring is 1. The molecule has 0 unspecified atom stereocenters. The molecule has 0 atom stereocenters. The summed E-state index contributed by atoms with van der Waals surface area (Å²) in [5.41, 5.74) is 9.64. The highest BCUT2D eigenvalue weighted by molar-refractivity contribution is 7.99. The SMILES string of the molecule is Cc1ccc(OCCSc2nc3ccc(N)cc3[nH]2)cc1. The fraction of sp³-hybridized carbons (Fsp3) is 0.188. The lowest BCUT2D eigenvalue weighted by atomic mass is 10.2. The van der Waals surface area contributed by atoms with Gasteiger partial charge in [-0.25, -0.2) is 4.98 Å². The van der Waals surface area contributed by atoms with Crippen molar-refractivity contribution in [1.82, 2.24) is 9.97 Å². The predicted octanol–water partition coefficient (Wildman–Crippen LogP) is 3.62. The molecule has 0 bridgehead atoms. The summed E-state index contributed by atoms with van der Waals surface area (Å²) in [5.74, 6) is 1.74. The Kier molecular flexibility index (Phi) is 4.01. The Labute approximate surface area is 127 Å². The fourth-order valence-electron chi connectivity index (χ4n) is 2.00. The van der Waals surface area contributed by atoms with Gasteiger partial charge in [0.2, 0.25) is 0 Å². The molecule has 0 amide bonds. The van der Waals surface area contributed by atoms with E-state index in [1.807, 2.05) is 42.5 Å². The minimum absolute atomic E-state index is 0.646. The van der Waals surface area contributed by atoms with Gasteiger partial charge in [-0.3, -0.25) is 0 Å². The summed E-state index contributed by atoms with van der Waals surface area (Å²) in [4.78, 5) is 7.77. The van der Waals surface area contributed by atoms with Crippen molar-refractivity contribution in [2.24, 2.45) is 0 Å². The van der Waals surface area contributed by atoms with Crippen LogP contribution in [0.5, 0.6) is 5.75 Å². The van der Waals surface area contributed by atoms with Gasteiger partial charge in [-0.1, -0.05) is 29.5 Å². The van der Waals surface area contributed by atoms with Gasteiger partial charge in [-0.2, -0.15) is 0 Å². The average molecular weight is 299 g/mol. The lowest BCUT2D eigenvalue weighted by Crippen LogP contribution is -2.00. The molecule has 0 fully saturated rings. The Bertz CT molecular complexity index is 737. The van der Waals surface area contributed by atoms with Crippen LogP contribution in [0.4, 0.5) is 5.69 Å². The van der Waals surface area contributed by atoms with Gasteiger partial charge in [0, 0.05) is 11.4 Å². The maximum Gasteiger partial charge on any atom is 0.166 e. The summed E-state index contributed by atoms with van der Waals surface area (Å²) in [6.07, 6.45) is 0. The number of fused-ring (bicyclic) bond motifs is 1. The number of H-pyrrole nitrogens is 1. The van der Waals surface area contributed by atoms with E-state index in [1.54, 1.807) is 11.8 Å². The fourth-order valence-corrected chi connectivity index (χ4v) is 2.71. The number of imidazole rings is 1. The molecule has 0 aliphatic carbocycles. The van der Waals surface area contributed by atoms with Crippen LogP contribution >= 0.6 is 11.8 Å². The molecule has 0 radical (unpaired) electrons. The number of nitrogens with one attached hydrogen (secondary N) is 1. The number of ether oxygens (including phenoxy) is 1. The number of aromatic nitrogens is 2. The monoisotopic (exact) mass is 299 g/mol. The molecule has 4 nitrogen and oxygen atoms in total. The van der Waals surface area contributed by atoms with Gasteiger partial charge in [0.15, 0.2) is 5.16 Å². The van der Waals surface area contributed by atoms with E-state index in [0.29, 0.717) is 6.61 Å². The quantitative estimate of drug-likeness (QED) is 0.429. The summed E-state index contributed by atoms with van der Waals surface area (Å²) < 4.78 is 5.69. The third-order valence-electron chi connectivity index (χ3n) is 3.10. The molecule has 0 aliphatic heterocycles. The van der Waals surface area contributed by atoms with Crippen LogP contribution in [0.25, 0.3) is 11.0 Å². The Hall–Kier alpha value is -2.14.